The van der Waals surface area contributed by atoms with Crippen LogP contribution in [0, 0.1) is 18.8 Å². The lowest BCUT2D eigenvalue weighted by molar-refractivity contribution is -0.146. The third kappa shape index (κ3) is 1.25. The van der Waals surface area contributed by atoms with E-state index in [1.54, 1.807) is 19.1 Å². The number of nitrogens with zero attached hydrogens (tertiary/aromatic N) is 2. The van der Waals surface area contributed by atoms with Crippen molar-refractivity contribution in [3.05, 3.63) is 24.0 Å². The van der Waals surface area contributed by atoms with Gasteiger partial charge in [-0.3, -0.25) is 14.5 Å². The number of amides is 1. The molecule has 1 N–H and O–H groups in total. The molecule has 0 aromatic carbocycles. The second-order valence-corrected chi connectivity index (χ2v) is 5.46. The first-order valence-electron chi connectivity index (χ1n) is 6.36. The van der Waals surface area contributed by atoms with E-state index in [9.17, 15) is 14.7 Å². The number of rotatable bonds is 2. The van der Waals surface area contributed by atoms with Gasteiger partial charge in [0.2, 0.25) is 5.91 Å². The molecule has 1 amide bonds. The lowest BCUT2D eigenvalue weighted by Gasteiger charge is -2.21. The smallest absolute Gasteiger partial charge is 0.310 e. The van der Waals surface area contributed by atoms with Crippen molar-refractivity contribution >= 4 is 17.7 Å². The minimum Gasteiger partial charge on any atom is -0.481 e. The van der Waals surface area contributed by atoms with Crippen LogP contribution in [-0.2, 0) is 14.3 Å². The monoisotopic (exact) mass is 276 g/mol. The van der Waals surface area contributed by atoms with E-state index in [0.717, 1.165) is 0 Å². The first kappa shape index (κ1) is 11.7. The maximum Gasteiger partial charge on any atom is 0.310 e. The van der Waals surface area contributed by atoms with Gasteiger partial charge in [0.25, 0.3) is 0 Å². The number of ether oxygens (including phenoxy) is 1. The van der Waals surface area contributed by atoms with Crippen LogP contribution < -0.4 is 4.90 Å². The fourth-order valence-corrected chi connectivity index (χ4v) is 3.45. The second kappa shape index (κ2) is 3.49. The summed E-state index contributed by atoms with van der Waals surface area (Å²) in [5, 5.41) is 13.2. The highest BCUT2D eigenvalue weighted by molar-refractivity contribution is 6.01. The zero-order valence-corrected chi connectivity index (χ0v) is 10.6. The molecule has 1 aromatic rings. The van der Waals surface area contributed by atoms with E-state index < -0.39 is 29.5 Å². The van der Waals surface area contributed by atoms with Crippen molar-refractivity contribution in [3.8, 4) is 0 Å². The number of carbonyl (C=O) groups excluding carboxylic acids is 1. The zero-order chi connectivity index (χ0) is 14.1. The average Bonchev–Trinajstić information content (AvgIpc) is 3.10. The molecule has 4 atom stereocenters. The molecule has 4 rings (SSSR count). The van der Waals surface area contributed by atoms with Gasteiger partial charge in [-0.05, 0) is 6.92 Å². The minimum absolute atomic E-state index is 0.266. The van der Waals surface area contributed by atoms with Crippen LogP contribution in [0.3, 0.4) is 0 Å². The number of fused-ring (bicyclic) bond motifs is 1. The molecule has 0 aliphatic carbocycles. The fraction of sp³-hybridized carbons (Fsp3) is 0.462. The van der Waals surface area contributed by atoms with E-state index in [0.29, 0.717) is 11.6 Å². The van der Waals surface area contributed by atoms with E-state index in [-0.39, 0.29) is 12.5 Å². The Morgan fingerprint density at radius 1 is 1.60 bits per heavy atom. The van der Waals surface area contributed by atoms with Gasteiger partial charge in [-0.1, -0.05) is 17.3 Å². The number of carboxylic acid groups (broad SMARTS) is 1. The molecule has 20 heavy (non-hydrogen) atoms. The second-order valence-electron chi connectivity index (χ2n) is 5.46. The number of aliphatic carboxylic acids is 1. The molecule has 0 radical (unpaired) electrons. The van der Waals surface area contributed by atoms with E-state index >= 15 is 0 Å². The zero-order valence-electron chi connectivity index (χ0n) is 10.6. The lowest BCUT2D eigenvalue weighted by Crippen LogP contribution is -2.39. The fourth-order valence-electron chi connectivity index (χ4n) is 3.45. The van der Waals surface area contributed by atoms with Crippen LogP contribution in [-0.4, -0.2) is 40.4 Å². The third-order valence-corrected chi connectivity index (χ3v) is 4.28. The first-order chi connectivity index (χ1) is 9.52. The Bertz CT molecular complexity index is 651. The van der Waals surface area contributed by atoms with Gasteiger partial charge in [-0.15, -0.1) is 0 Å². The molecule has 4 heterocycles. The number of anilines is 1. The van der Waals surface area contributed by atoms with Gasteiger partial charge in [0.1, 0.15) is 17.3 Å². The van der Waals surface area contributed by atoms with E-state index in [1.807, 2.05) is 6.08 Å². The van der Waals surface area contributed by atoms with Crippen LogP contribution in [0.1, 0.15) is 5.76 Å². The van der Waals surface area contributed by atoms with Gasteiger partial charge in [0.15, 0.2) is 5.82 Å². The topological polar surface area (TPSA) is 92.9 Å². The summed E-state index contributed by atoms with van der Waals surface area (Å²) in [7, 11) is 0. The molecule has 2 fully saturated rings. The minimum atomic E-state index is -1.00. The largest absolute Gasteiger partial charge is 0.481 e. The van der Waals surface area contributed by atoms with Crippen LogP contribution in [0.15, 0.2) is 22.7 Å². The van der Waals surface area contributed by atoms with Crippen molar-refractivity contribution in [3.63, 3.8) is 0 Å². The summed E-state index contributed by atoms with van der Waals surface area (Å²) in [6.45, 7) is 2.01. The van der Waals surface area contributed by atoms with Crippen LogP contribution in [0.2, 0.25) is 0 Å². The van der Waals surface area contributed by atoms with Gasteiger partial charge >= 0.3 is 5.97 Å². The normalized spacial score (nSPS) is 37.8. The molecule has 104 valence electrons. The molecule has 0 saturated carbocycles. The maximum atomic E-state index is 12.6. The van der Waals surface area contributed by atoms with Crippen LogP contribution in [0.5, 0.6) is 0 Å². The molecular formula is C13H12N2O5. The Balaban J connectivity index is 1.75. The first-order valence-corrected chi connectivity index (χ1v) is 6.36. The molecule has 3 aliphatic rings. The number of hydrogen-bond acceptors (Lipinski definition) is 5. The summed E-state index contributed by atoms with van der Waals surface area (Å²) in [5.74, 6) is -1.79. The molecule has 2 saturated heterocycles. The third-order valence-electron chi connectivity index (χ3n) is 4.28. The summed E-state index contributed by atoms with van der Waals surface area (Å²) in [6, 6.07) is 1.65. The van der Waals surface area contributed by atoms with Crippen molar-refractivity contribution in [2.45, 2.75) is 18.6 Å². The predicted octanol–water partition coefficient (Wildman–Crippen LogP) is 0.354. The van der Waals surface area contributed by atoms with Gasteiger partial charge in [0, 0.05) is 6.07 Å². The van der Waals surface area contributed by atoms with E-state index in [4.69, 9.17) is 9.26 Å². The Morgan fingerprint density at radius 2 is 2.40 bits per heavy atom. The summed E-state index contributed by atoms with van der Waals surface area (Å²) in [4.78, 5) is 25.4. The highest BCUT2D eigenvalue weighted by atomic mass is 16.5. The molecule has 1 aromatic heterocycles. The summed E-state index contributed by atoms with van der Waals surface area (Å²) in [5.41, 5.74) is -0.836. The Hall–Kier alpha value is -2.15. The standard InChI is InChI=1S/C13H12N2O5/c1-6-4-8(14-20-6)15-5-13-3-2-7(19-13)9(12(17)18)10(13)11(15)16/h2-4,7,9-10H,5H2,1H3,(H,17,18)/t7-,9+,10-,13+/m0/s1. The highest BCUT2D eigenvalue weighted by Crippen LogP contribution is 2.52. The molecule has 7 heteroatoms. The highest BCUT2D eigenvalue weighted by Gasteiger charge is 2.67. The number of aryl methyl sites for hydroxylation is 1. The average molecular weight is 276 g/mol. The SMILES string of the molecule is Cc1cc(N2C[C@@]34C=C[C@H](O3)[C@@H](C(=O)O)[C@H]4C2=O)no1. The molecule has 0 unspecified atom stereocenters. The molecule has 3 aliphatic heterocycles. The van der Waals surface area contributed by atoms with Gasteiger partial charge in [-0.25, -0.2) is 0 Å². The van der Waals surface area contributed by atoms with Crippen molar-refractivity contribution < 1.29 is 24.0 Å². The molecule has 1 spiro atoms. The Kier molecular flexibility index (Phi) is 2.03. The van der Waals surface area contributed by atoms with Crippen LogP contribution in [0.25, 0.3) is 0 Å². The summed E-state index contributed by atoms with van der Waals surface area (Å²) in [6.07, 6.45) is 3.04. The number of hydrogen-bond donors (Lipinski definition) is 1. The van der Waals surface area contributed by atoms with E-state index in [2.05, 4.69) is 5.16 Å². The predicted molar refractivity (Wildman–Crippen MR) is 65.0 cm³/mol. The Morgan fingerprint density at radius 3 is 3.05 bits per heavy atom. The lowest BCUT2D eigenvalue weighted by atomic mass is 9.77. The number of aromatic nitrogens is 1. The van der Waals surface area contributed by atoms with Crippen molar-refractivity contribution in [2.24, 2.45) is 11.8 Å². The quantitative estimate of drug-likeness (QED) is 0.784. The van der Waals surface area contributed by atoms with E-state index in [1.165, 1.54) is 4.90 Å². The molecular weight excluding hydrogens is 264 g/mol. The Labute approximate surface area is 113 Å². The van der Waals surface area contributed by atoms with Gasteiger partial charge < -0.3 is 14.4 Å². The van der Waals surface area contributed by atoms with Crippen LogP contribution in [0.4, 0.5) is 5.82 Å². The number of carbonyl (C=O) groups is 2. The van der Waals surface area contributed by atoms with Crippen molar-refractivity contribution in [1.82, 2.24) is 5.16 Å². The maximum absolute atomic E-state index is 12.6. The van der Waals surface area contributed by atoms with Gasteiger partial charge in [0.05, 0.1) is 18.6 Å². The summed E-state index contributed by atoms with van der Waals surface area (Å²) < 4.78 is 10.8. The summed E-state index contributed by atoms with van der Waals surface area (Å²) >= 11 is 0. The number of carboxylic acids is 1. The molecule has 7 nitrogen and oxygen atoms in total. The van der Waals surface area contributed by atoms with Crippen LogP contribution >= 0.6 is 0 Å². The van der Waals surface area contributed by atoms with Crippen molar-refractivity contribution in [1.29, 1.82) is 0 Å². The van der Waals surface area contributed by atoms with Gasteiger partial charge in [-0.2, -0.15) is 0 Å². The van der Waals surface area contributed by atoms with Crippen molar-refractivity contribution in [2.75, 3.05) is 11.4 Å². The molecule has 2 bridgehead atoms.